The first-order valence-corrected chi connectivity index (χ1v) is 8.81. The second-order valence-electron chi connectivity index (χ2n) is 6.88. The van der Waals surface area contributed by atoms with Gasteiger partial charge in [-0.1, -0.05) is 6.07 Å². The van der Waals surface area contributed by atoms with Gasteiger partial charge in [-0.25, -0.2) is 0 Å². The van der Waals surface area contributed by atoms with Gasteiger partial charge in [-0.15, -0.1) is 0 Å². The van der Waals surface area contributed by atoms with Crippen LogP contribution in [0.15, 0.2) is 42.7 Å². The van der Waals surface area contributed by atoms with Crippen molar-refractivity contribution in [1.82, 2.24) is 4.98 Å². The first-order chi connectivity index (χ1) is 12.2. The van der Waals surface area contributed by atoms with Gasteiger partial charge in [0.05, 0.1) is 6.42 Å². The number of rotatable bonds is 5. The van der Waals surface area contributed by atoms with Crippen LogP contribution < -0.4 is 10.2 Å². The lowest BCUT2D eigenvalue weighted by Gasteiger charge is -2.30. The predicted octanol–water partition coefficient (Wildman–Crippen LogP) is 2.95. The lowest BCUT2D eigenvalue weighted by Crippen LogP contribution is -2.36. The minimum atomic E-state index is -0.0605. The minimum absolute atomic E-state index is 0.0605. The maximum absolute atomic E-state index is 12.2. The first-order valence-electron chi connectivity index (χ1n) is 8.81. The van der Waals surface area contributed by atoms with Gasteiger partial charge >= 0.3 is 0 Å². The third-order valence-corrected chi connectivity index (χ3v) is 4.79. The topological polar surface area (TPSA) is 62.3 Å². The van der Waals surface area contributed by atoms with Gasteiger partial charge in [0.25, 0.3) is 0 Å². The van der Waals surface area contributed by atoms with Crippen LogP contribution in [0.25, 0.3) is 0 Å². The highest BCUT2D eigenvalue weighted by Gasteiger charge is 2.30. The Kier molecular flexibility index (Phi) is 4.22. The molecule has 25 heavy (non-hydrogen) atoms. The molecule has 128 valence electrons. The molecule has 1 aliphatic carbocycles. The van der Waals surface area contributed by atoms with Crippen LogP contribution in [0.5, 0.6) is 0 Å². The smallest absolute Gasteiger partial charge is 0.228 e. The largest absolute Gasteiger partial charge is 0.326 e. The Morgan fingerprint density at radius 3 is 2.88 bits per heavy atom. The highest BCUT2D eigenvalue weighted by atomic mass is 16.2. The zero-order valence-electron chi connectivity index (χ0n) is 14.1. The second kappa shape index (κ2) is 6.67. The molecule has 5 nitrogen and oxygen atoms in total. The Labute approximate surface area is 147 Å². The molecule has 0 unspecified atom stereocenters. The summed E-state index contributed by atoms with van der Waals surface area (Å²) in [7, 11) is 0. The van der Waals surface area contributed by atoms with Crippen LogP contribution >= 0.6 is 0 Å². The lowest BCUT2D eigenvalue weighted by molar-refractivity contribution is -0.119. The molecule has 0 saturated heterocycles. The predicted molar refractivity (Wildman–Crippen MR) is 96.4 cm³/mol. The lowest BCUT2D eigenvalue weighted by atomic mass is 10.00. The van der Waals surface area contributed by atoms with Gasteiger partial charge < -0.3 is 10.2 Å². The van der Waals surface area contributed by atoms with Crippen molar-refractivity contribution in [2.45, 2.75) is 32.1 Å². The first kappa shape index (κ1) is 15.8. The fraction of sp³-hybridized carbons (Fsp3) is 0.350. The summed E-state index contributed by atoms with van der Waals surface area (Å²) in [4.78, 5) is 30.4. The van der Waals surface area contributed by atoms with E-state index in [0.717, 1.165) is 35.5 Å². The van der Waals surface area contributed by atoms with Crippen LogP contribution in [-0.2, 0) is 22.4 Å². The number of aromatic nitrogens is 1. The van der Waals surface area contributed by atoms with Crippen LogP contribution in [0.2, 0.25) is 0 Å². The van der Waals surface area contributed by atoms with Crippen molar-refractivity contribution >= 4 is 23.2 Å². The van der Waals surface area contributed by atoms with Crippen molar-refractivity contribution in [2.75, 3.05) is 16.8 Å². The van der Waals surface area contributed by atoms with E-state index in [4.69, 9.17) is 0 Å². The molecule has 0 bridgehead atoms. The van der Waals surface area contributed by atoms with Crippen LogP contribution in [0.4, 0.5) is 11.4 Å². The molecule has 0 atom stereocenters. The summed E-state index contributed by atoms with van der Waals surface area (Å²) in [6, 6.07) is 9.57. The monoisotopic (exact) mass is 335 g/mol. The van der Waals surface area contributed by atoms with Gasteiger partial charge in [0.15, 0.2) is 0 Å². The van der Waals surface area contributed by atoms with E-state index in [1.165, 1.54) is 12.8 Å². The molecule has 2 aliphatic rings. The molecule has 5 heteroatoms. The van der Waals surface area contributed by atoms with Crippen LogP contribution in [0.1, 0.15) is 30.4 Å². The molecule has 0 spiro atoms. The zero-order valence-corrected chi connectivity index (χ0v) is 14.1. The maximum atomic E-state index is 12.2. The number of aryl methyl sites for hydroxylation is 1. The molecule has 1 aromatic carbocycles. The van der Waals surface area contributed by atoms with E-state index < -0.39 is 0 Å². The highest BCUT2D eigenvalue weighted by Crippen LogP contribution is 2.36. The minimum Gasteiger partial charge on any atom is -0.326 e. The van der Waals surface area contributed by atoms with Gasteiger partial charge in [-0.2, -0.15) is 0 Å². The third-order valence-electron chi connectivity index (χ3n) is 4.79. The number of hydrogen-bond acceptors (Lipinski definition) is 3. The summed E-state index contributed by atoms with van der Waals surface area (Å²) >= 11 is 0. The van der Waals surface area contributed by atoms with Crippen LogP contribution in [-0.4, -0.2) is 23.3 Å². The Morgan fingerprint density at radius 2 is 2.12 bits per heavy atom. The molecule has 2 heterocycles. The number of fused-ring (bicyclic) bond motifs is 1. The summed E-state index contributed by atoms with van der Waals surface area (Å²) in [5.41, 5.74) is 3.82. The van der Waals surface area contributed by atoms with Crippen molar-refractivity contribution in [3.63, 3.8) is 0 Å². The van der Waals surface area contributed by atoms with Gasteiger partial charge in [0, 0.05) is 36.7 Å². The number of hydrogen-bond donors (Lipinski definition) is 1. The molecular weight excluding hydrogens is 314 g/mol. The standard InChI is InChI=1S/C20H21N3O2/c24-19(10-15-2-1-9-21-12-15)22-17-6-7-18-16(11-17)5-8-20(25)23(18)13-14-3-4-14/h1-2,6-7,9,11-12,14H,3-5,8,10,13H2,(H,22,24). The van der Waals surface area contributed by atoms with Gasteiger partial charge in [0.2, 0.25) is 11.8 Å². The van der Waals surface area contributed by atoms with Crippen molar-refractivity contribution in [3.8, 4) is 0 Å². The Hall–Kier alpha value is -2.69. The molecule has 2 amide bonds. The number of carbonyl (C=O) groups excluding carboxylic acids is 2. The summed E-state index contributed by atoms with van der Waals surface area (Å²) in [6.45, 7) is 0.832. The molecule has 1 N–H and O–H groups in total. The molecule has 1 aromatic heterocycles. The third kappa shape index (κ3) is 3.71. The number of nitrogens with zero attached hydrogens (tertiary/aromatic N) is 2. The van der Waals surface area contributed by atoms with E-state index in [-0.39, 0.29) is 11.8 Å². The highest BCUT2D eigenvalue weighted by molar-refractivity contribution is 5.98. The molecular formula is C20H21N3O2. The normalized spacial score (nSPS) is 16.5. The van der Waals surface area contributed by atoms with Crippen LogP contribution in [0, 0.1) is 5.92 Å². The Morgan fingerprint density at radius 1 is 1.24 bits per heavy atom. The number of nitrogens with one attached hydrogen (secondary N) is 1. The number of carbonyl (C=O) groups is 2. The zero-order chi connectivity index (χ0) is 17.2. The summed E-state index contributed by atoms with van der Waals surface area (Å²) in [6.07, 6.45) is 7.43. The molecule has 1 aliphatic heterocycles. The average molecular weight is 335 g/mol. The summed E-state index contributed by atoms with van der Waals surface area (Å²) in [5, 5.41) is 2.95. The van der Waals surface area contributed by atoms with E-state index in [1.807, 2.05) is 35.2 Å². The van der Waals surface area contributed by atoms with Crippen molar-refractivity contribution in [3.05, 3.63) is 53.9 Å². The number of amides is 2. The van der Waals surface area contributed by atoms with E-state index in [2.05, 4.69) is 10.3 Å². The van der Waals surface area contributed by atoms with Crippen molar-refractivity contribution in [1.29, 1.82) is 0 Å². The number of benzene rings is 1. The number of pyridine rings is 1. The fourth-order valence-corrected chi connectivity index (χ4v) is 3.29. The van der Waals surface area contributed by atoms with Gasteiger partial charge in [-0.3, -0.25) is 14.6 Å². The van der Waals surface area contributed by atoms with E-state index in [9.17, 15) is 9.59 Å². The molecule has 0 radical (unpaired) electrons. The Balaban J connectivity index is 1.47. The molecule has 4 rings (SSSR count). The fourth-order valence-electron chi connectivity index (χ4n) is 3.29. The van der Waals surface area contributed by atoms with Gasteiger partial charge in [-0.05, 0) is 60.6 Å². The summed E-state index contributed by atoms with van der Waals surface area (Å²) < 4.78 is 0. The van der Waals surface area contributed by atoms with E-state index >= 15 is 0 Å². The maximum Gasteiger partial charge on any atom is 0.228 e. The second-order valence-corrected chi connectivity index (χ2v) is 6.88. The number of anilines is 2. The van der Waals surface area contributed by atoms with Crippen LogP contribution in [0.3, 0.4) is 0 Å². The van der Waals surface area contributed by atoms with Gasteiger partial charge in [0.1, 0.15) is 0 Å². The average Bonchev–Trinajstić information content (AvgIpc) is 3.42. The van der Waals surface area contributed by atoms with E-state index in [0.29, 0.717) is 18.8 Å². The molecule has 1 saturated carbocycles. The van der Waals surface area contributed by atoms with Crippen molar-refractivity contribution in [2.24, 2.45) is 5.92 Å². The Bertz CT molecular complexity index is 800. The van der Waals surface area contributed by atoms with Crippen molar-refractivity contribution < 1.29 is 9.59 Å². The molecule has 1 fully saturated rings. The SMILES string of the molecule is O=C(Cc1cccnc1)Nc1ccc2c(c1)CCC(=O)N2CC1CC1. The quantitative estimate of drug-likeness (QED) is 0.914. The molecule has 2 aromatic rings. The summed E-state index contributed by atoms with van der Waals surface area (Å²) in [5.74, 6) is 0.816. The van der Waals surface area contributed by atoms with E-state index in [1.54, 1.807) is 12.4 Å².